The highest BCUT2D eigenvalue weighted by Crippen LogP contribution is 2.42. The minimum atomic E-state index is -0.639. The van der Waals surface area contributed by atoms with Crippen molar-refractivity contribution in [2.45, 2.75) is 18.6 Å². The van der Waals surface area contributed by atoms with Crippen LogP contribution in [0, 0.1) is 5.82 Å². The molecule has 0 radical (unpaired) electrons. The standard InChI is InChI=1S/C15H11BrClFO2/c16-9-2-4-14-10(6-9)13(19)7-15(20-14)8-1-3-11(17)12(18)5-8/h1-6,13,15,19H,7H2. The monoisotopic (exact) mass is 356 g/mol. The van der Waals surface area contributed by atoms with Crippen LogP contribution in [0.25, 0.3) is 0 Å². The Balaban J connectivity index is 1.94. The van der Waals surface area contributed by atoms with Crippen LogP contribution in [0.2, 0.25) is 5.02 Å². The van der Waals surface area contributed by atoms with E-state index in [9.17, 15) is 9.50 Å². The van der Waals surface area contributed by atoms with Gasteiger partial charge in [0.25, 0.3) is 0 Å². The van der Waals surface area contributed by atoms with E-state index in [4.69, 9.17) is 16.3 Å². The number of rotatable bonds is 1. The van der Waals surface area contributed by atoms with Gasteiger partial charge >= 0.3 is 0 Å². The topological polar surface area (TPSA) is 29.5 Å². The van der Waals surface area contributed by atoms with Crippen molar-refractivity contribution in [2.75, 3.05) is 0 Å². The minimum absolute atomic E-state index is 0.0782. The lowest BCUT2D eigenvalue weighted by Gasteiger charge is -2.30. The second-order valence-corrected chi connectivity index (χ2v) is 6.04. The summed E-state index contributed by atoms with van der Waals surface area (Å²) in [6, 6.07) is 10.0. The molecule has 2 aromatic rings. The predicted molar refractivity (Wildman–Crippen MR) is 78.5 cm³/mol. The fraction of sp³-hybridized carbons (Fsp3) is 0.200. The van der Waals surface area contributed by atoms with Gasteiger partial charge in [-0.3, -0.25) is 0 Å². The van der Waals surface area contributed by atoms with E-state index in [2.05, 4.69) is 15.9 Å². The Morgan fingerprint density at radius 2 is 2.05 bits per heavy atom. The van der Waals surface area contributed by atoms with Crippen LogP contribution >= 0.6 is 27.5 Å². The van der Waals surface area contributed by atoms with Crippen molar-refractivity contribution in [1.82, 2.24) is 0 Å². The lowest BCUT2D eigenvalue weighted by Crippen LogP contribution is -2.19. The summed E-state index contributed by atoms with van der Waals surface area (Å²) in [6.07, 6.45) is -0.643. The number of benzene rings is 2. The van der Waals surface area contributed by atoms with Gasteiger partial charge < -0.3 is 9.84 Å². The zero-order valence-electron chi connectivity index (χ0n) is 10.3. The van der Waals surface area contributed by atoms with Crippen molar-refractivity contribution < 1.29 is 14.2 Å². The first-order chi connectivity index (χ1) is 9.54. The summed E-state index contributed by atoms with van der Waals surface area (Å²) in [5.74, 6) is 0.135. The molecule has 0 saturated carbocycles. The molecule has 2 unspecified atom stereocenters. The normalized spacial score (nSPS) is 21.2. The Bertz CT molecular complexity index is 662. The molecule has 0 spiro atoms. The second-order valence-electron chi connectivity index (χ2n) is 4.71. The lowest BCUT2D eigenvalue weighted by molar-refractivity contribution is 0.0655. The first-order valence-electron chi connectivity index (χ1n) is 6.13. The summed E-state index contributed by atoms with van der Waals surface area (Å²) in [5.41, 5.74) is 1.41. The molecule has 2 nitrogen and oxygen atoms in total. The number of hydrogen-bond donors (Lipinski definition) is 1. The van der Waals surface area contributed by atoms with Crippen molar-refractivity contribution in [1.29, 1.82) is 0 Å². The average molecular weight is 358 g/mol. The van der Waals surface area contributed by atoms with E-state index in [0.29, 0.717) is 17.7 Å². The number of halogens is 3. The van der Waals surface area contributed by atoms with Crippen molar-refractivity contribution in [3.8, 4) is 5.75 Å². The van der Waals surface area contributed by atoms with Crippen LogP contribution < -0.4 is 4.74 Å². The van der Waals surface area contributed by atoms with Gasteiger partial charge in [0, 0.05) is 16.5 Å². The highest BCUT2D eigenvalue weighted by atomic mass is 79.9. The zero-order chi connectivity index (χ0) is 14.3. The Morgan fingerprint density at radius 1 is 1.25 bits per heavy atom. The first kappa shape index (κ1) is 13.9. The molecule has 104 valence electrons. The van der Waals surface area contributed by atoms with Crippen molar-refractivity contribution in [3.63, 3.8) is 0 Å². The van der Waals surface area contributed by atoms with E-state index >= 15 is 0 Å². The summed E-state index contributed by atoms with van der Waals surface area (Å²) >= 11 is 9.04. The van der Waals surface area contributed by atoms with Crippen LogP contribution in [-0.4, -0.2) is 5.11 Å². The molecular formula is C15H11BrClFO2. The smallest absolute Gasteiger partial charge is 0.142 e. The van der Waals surface area contributed by atoms with Gasteiger partial charge in [-0.2, -0.15) is 0 Å². The summed E-state index contributed by atoms with van der Waals surface area (Å²) < 4.78 is 20.3. The van der Waals surface area contributed by atoms with Crippen molar-refractivity contribution in [3.05, 3.63) is 62.8 Å². The Morgan fingerprint density at radius 3 is 2.80 bits per heavy atom. The molecule has 5 heteroatoms. The van der Waals surface area contributed by atoms with Gasteiger partial charge in [0.1, 0.15) is 17.7 Å². The molecule has 1 aliphatic rings. The van der Waals surface area contributed by atoms with Gasteiger partial charge in [0.15, 0.2) is 0 Å². The maximum Gasteiger partial charge on any atom is 0.142 e. The average Bonchev–Trinajstić information content (AvgIpc) is 2.42. The molecule has 1 heterocycles. The first-order valence-corrected chi connectivity index (χ1v) is 7.31. The third-order valence-corrected chi connectivity index (χ3v) is 4.15. The van der Waals surface area contributed by atoms with Crippen LogP contribution in [0.5, 0.6) is 5.75 Å². The molecule has 0 amide bonds. The largest absolute Gasteiger partial charge is 0.485 e. The van der Waals surface area contributed by atoms with Crippen LogP contribution in [0.15, 0.2) is 40.9 Å². The van der Waals surface area contributed by atoms with Gasteiger partial charge in [0.2, 0.25) is 0 Å². The van der Waals surface area contributed by atoms with Crippen molar-refractivity contribution >= 4 is 27.5 Å². The second kappa shape index (κ2) is 5.35. The van der Waals surface area contributed by atoms with E-state index in [-0.39, 0.29) is 11.1 Å². The number of hydrogen-bond acceptors (Lipinski definition) is 2. The Kier molecular flexibility index (Phi) is 3.71. The SMILES string of the molecule is OC1CC(c2ccc(Cl)c(F)c2)Oc2ccc(Br)cc21. The molecule has 2 aromatic carbocycles. The summed E-state index contributed by atoms with van der Waals surface area (Å²) in [6.45, 7) is 0. The Labute approximate surface area is 129 Å². The third-order valence-electron chi connectivity index (χ3n) is 3.35. The molecule has 0 aromatic heterocycles. The highest BCUT2D eigenvalue weighted by Gasteiger charge is 2.28. The predicted octanol–water partition coefficient (Wildman–Crippen LogP) is 4.80. The molecule has 0 aliphatic carbocycles. The third kappa shape index (κ3) is 2.55. The maximum atomic E-state index is 13.5. The summed E-state index contributed by atoms with van der Waals surface area (Å²) in [7, 11) is 0. The number of aliphatic hydroxyl groups excluding tert-OH is 1. The fourth-order valence-electron chi connectivity index (χ4n) is 2.33. The van der Waals surface area contributed by atoms with E-state index < -0.39 is 11.9 Å². The van der Waals surface area contributed by atoms with Gasteiger partial charge in [-0.25, -0.2) is 4.39 Å². The van der Waals surface area contributed by atoms with Gasteiger partial charge in [0.05, 0.1) is 11.1 Å². The van der Waals surface area contributed by atoms with Crippen LogP contribution in [0.1, 0.15) is 29.8 Å². The molecular weight excluding hydrogens is 347 g/mol. The lowest BCUT2D eigenvalue weighted by atomic mass is 9.95. The molecule has 0 bridgehead atoms. The molecule has 2 atom stereocenters. The fourth-order valence-corrected chi connectivity index (χ4v) is 2.83. The molecule has 0 fully saturated rings. The van der Waals surface area contributed by atoms with Crippen LogP contribution in [0.3, 0.4) is 0 Å². The maximum absolute atomic E-state index is 13.5. The Hall–Kier alpha value is -1.10. The van der Waals surface area contributed by atoms with E-state index in [1.807, 2.05) is 12.1 Å². The molecule has 1 N–H and O–H groups in total. The molecule has 20 heavy (non-hydrogen) atoms. The molecule has 1 aliphatic heterocycles. The highest BCUT2D eigenvalue weighted by molar-refractivity contribution is 9.10. The van der Waals surface area contributed by atoms with Crippen molar-refractivity contribution in [2.24, 2.45) is 0 Å². The van der Waals surface area contributed by atoms with E-state index in [0.717, 1.165) is 10.0 Å². The number of ether oxygens (including phenoxy) is 1. The number of aliphatic hydroxyl groups is 1. The van der Waals surface area contributed by atoms with Gasteiger partial charge in [-0.15, -0.1) is 0 Å². The molecule has 3 rings (SSSR count). The van der Waals surface area contributed by atoms with Gasteiger partial charge in [-0.05, 0) is 35.9 Å². The quantitative estimate of drug-likeness (QED) is 0.794. The van der Waals surface area contributed by atoms with E-state index in [1.54, 1.807) is 12.1 Å². The summed E-state index contributed by atoms with van der Waals surface area (Å²) in [4.78, 5) is 0. The van der Waals surface area contributed by atoms with Crippen LogP contribution in [0.4, 0.5) is 4.39 Å². The van der Waals surface area contributed by atoms with E-state index in [1.165, 1.54) is 12.1 Å². The number of fused-ring (bicyclic) bond motifs is 1. The summed E-state index contributed by atoms with van der Waals surface area (Å²) in [5, 5.41) is 10.3. The van der Waals surface area contributed by atoms with Gasteiger partial charge in [-0.1, -0.05) is 33.6 Å². The minimum Gasteiger partial charge on any atom is -0.485 e. The van der Waals surface area contributed by atoms with Crippen LogP contribution in [-0.2, 0) is 0 Å². The molecule has 0 saturated heterocycles. The zero-order valence-corrected chi connectivity index (χ0v) is 12.7.